The lowest BCUT2D eigenvalue weighted by atomic mass is 10.1. The summed E-state index contributed by atoms with van der Waals surface area (Å²) in [6, 6.07) is 7.63. The van der Waals surface area contributed by atoms with Gasteiger partial charge in [-0.2, -0.15) is 0 Å². The average molecular weight is 310 g/mol. The minimum Gasteiger partial charge on any atom is -0.346 e. The molecule has 1 aromatic rings. The summed E-state index contributed by atoms with van der Waals surface area (Å²) in [5, 5.41) is 3.18. The van der Waals surface area contributed by atoms with Crippen LogP contribution < -0.4 is 11.1 Å². The molecule has 0 aromatic heterocycles. The summed E-state index contributed by atoms with van der Waals surface area (Å²) in [7, 11) is 0. The van der Waals surface area contributed by atoms with Crippen molar-refractivity contribution in [2.45, 2.75) is 31.8 Å². The molecule has 5 nitrogen and oxygen atoms in total. The fraction of sp³-hybridized carbons (Fsp3) is 0.467. The van der Waals surface area contributed by atoms with Crippen LogP contribution in [-0.4, -0.2) is 35.8 Å². The van der Waals surface area contributed by atoms with Gasteiger partial charge in [0.05, 0.1) is 19.1 Å². The van der Waals surface area contributed by atoms with E-state index >= 15 is 0 Å². The zero-order valence-corrected chi connectivity index (χ0v) is 12.8. The van der Waals surface area contributed by atoms with Gasteiger partial charge in [-0.3, -0.25) is 9.59 Å². The van der Waals surface area contributed by atoms with Gasteiger partial charge in [0.25, 0.3) is 0 Å². The Hall–Kier alpha value is -1.59. The number of hydrogen-bond acceptors (Lipinski definition) is 3. The van der Waals surface area contributed by atoms with Crippen molar-refractivity contribution in [3.63, 3.8) is 0 Å². The summed E-state index contributed by atoms with van der Waals surface area (Å²) >= 11 is 6.22. The van der Waals surface area contributed by atoms with E-state index < -0.39 is 0 Å². The van der Waals surface area contributed by atoms with Crippen molar-refractivity contribution in [2.24, 2.45) is 5.73 Å². The van der Waals surface area contributed by atoms with Crippen molar-refractivity contribution in [3.8, 4) is 0 Å². The molecule has 0 heterocycles. The van der Waals surface area contributed by atoms with Crippen LogP contribution in [0.15, 0.2) is 24.3 Å². The Balaban J connectivity index is 2.10. The lowest BCUT2D eigenvalue weighted by molar-refractivity contribution is -0.135. The molecule has 3 N–H and O–H groups in total. The number of halogens is 1. The number of amides is 2. The number of hydrogen-bond donors (Lipinski definition) is 2. The highest BCUT2D eigenvalue weighted by Crippen LogP contribution is 2.36. The molecule has 1 aliphatic carbocycles. The maximum absolute atomic E-state index is 12.4. The van der Waals surface area contributed by atoms with Crippen molar-refractivity contribution in [1.29, 1.82) is 0 Å². The summed E-state index contributed by atoms with van der Waals surface area (Å²) in [4.78, 5) is 25.4. The molecular formula is C15H20ClN3O2. The minimum absolute atomic E-state index is 0.0265. The zero-order valence-electron chi connectivity index (χ0n) is 12.0. The van der Waals surface area contributed by atoms with E-state index in [9.17, 15) is 9.59 Å². The molecule has 0 radical (unpaired) electrons. The van der Waals surface area contributed by atoms with Gasteiger partial charge in [0.2, 0.25) is 11.8 Å². The predicted molar refractivity (Wildman–Crippen MR) is 81.8 cm³/mol. The molecule has 1 atom stereocenters. The van der Waals surface area contributed by atoms with Gasteiger partial charge in [-0.25, -0.2) is 0 Å². The summed E-state index contributed by atoms with van der Waals surface area (Å²) in [5.41, 5.74) is 6.14. The van der Waals surface area contributed by atoms with Gasteiger partial charge >= 0.3 is 0 Å². The maximum atomic E-state index is 12.4. The van der Waals surface area contributed by atoms with E-state index in [1.807, 2.05) is 36.1 Å². The lowest BCUT2D eigenvalue weighted by Crippen LogP contribution is -2.44. The Kier molecular flexibility index (Phi) is 5.20. The largest absolute Gasteiger partial charge is 0.346 e. The van der Waals surface area contributed by atoms with Crippen molar-refractivity contribution < 1.29 is 9.59 Å². The van der Waals surface area contributed by atoms with Gasteiger partial charge < -0.3 is 16.0 Å². The maximum Gasteiger partial charge on any atom is 0.242 e. The molecule has 0 spiro atoms. The SMILES string of the molecule is CC(c1ccccc1Cl)N(C(=O)CNC(=O)CN)C1CC1. The highest BCUT2D eigenvalue weighted by molar-refractivity contribution is 6.31. The molecule has 1 aliphatic rings. The Labute approximate surface area is 129 Å². The van der Waals surface area contributed by atoms with E-state index in [0.29, 0.717) is 5.02 Å². The molecule has 1 aromatic carbocycles. The zero-order chi connectivity index (χ0) is 15.4. The first kappa shape index (κ1) is 15.8. The van der Waals surface area contributed by atoms with Gasteiger partial charge in [0.1, 0.15) is 0 Å². The molecule has 2 rings (SSSR count). The van der Waals surface area contributed by atoms with Crippen LogP contribution in [0, 0.1) is 0 Å². The number of carbonyl (C=O) groups is 2. The van der Waals surface area contributed by atoms with Gasteiger partial charge in [0, 0.05) is 11.1 Å². The van der Waals surface area contributed by atoms with Crippen molar-refractivity contribution in [1.82, 2.24) is 10.2 Å². The van der Waals surface area contributed by atoms with Gasteiger partial charge in [-0.05, 0) is 31.4 Å². The second-order valence-electron chi connectivity index (χ2n) is 5.21. The van der Waals surface area contributed by atoms with Crippen LogP contribution >= 0.6 is 11.6 Å². The Bertz CT molecular complexity index is 531. The monoisotopic (exact) mass is 309 g/mol. The van der Waals surface area contributed by atoms with E-state index in [0.717, 1.165) is 18.4 Å². The molecule has 114 valence electrons. The Morgan fingerprint density at radius 1 is 1.43 bits per heavy atom. The molecule has 21 heavy (non-hydrogen) atoms. The van der Waals surface area contributed by atoms with Crippen LogP contribution in [-0.2, 0) is 9.59 Å². The summed E-state index contributed by atoms with van der Waals surface area (Å²) in [6.45, 7) is 1.82. The summed E-state index contributed by atoms with van der Waals surface area (Å²) < 4.78 is 0. The molecule has 1 saturated carbocycles. The molecular weight excluding hydrogens is 290 g/mol. The topological polar surface area (TPSA) is 75.4 Å². The second-order valence-corrected chi connectivity index (χ2v) is 5.62. The molecule has 0 saturated heterocycles. The smallest absolute Gasteiger partial charge is 0.242 e. The fourth-order valence-corrected chi connectivity index (χ4v) is 2.68. The van der Waals surface area contributed by atoms with E-state index in [-0.39, 0.29) is 37.0 Å². The van der Waals surface area contributed by atoms with Gasteiger partial charge in [-0.1, -0.05) is 29.8 Å². The molecule has 0 bridgehead atoms. The first-order chi connectivity index (χ1) is 10.0. The van der Waals surface area contributed by atoms with Crippen LogP contribution in [0.25, 0.3) is 0 Å². The summed E-state index contributed by atoms with van der Waals surface area (Å²) in [5.74, 6) is -0.434. The number of nitrogens with two attached hydrogens (primary N) is 1. The van der Waals surface area contributed by atoms with Crippen LogP contribution in [0.4, 0.5) is 0 Å². The lowest BCUT2D eigenvalue weighted by Gasteiger charge is -2.30. The van der Waals surface area contributed by atoms with E-state index in [4.69, 9.17) is 17.3 Å². The third-order valence-corrected chi connectivity index (χ3v) is 3.97. The highest BCUT2D eigenvalue weighted by Gasteiger charge is 2.36. The minimum atomic E-state index is -0.329. The van der Waals surface area contributed by atoms with Gasteiger partial charge in [-0.15, -0.1) is 0 Å². The van der Waals surface area contributed by atoms with Crippen molar-refractivity contribution >= 4 is 23.4 Å². The first-order valence-electron chi connectivity index (χ1n) is 7.07. The van der Waals surface area contributed by atoms with Crippen molar-refractivity contribution in [3.05, 3.63) is 34.9 Å². The number of rotatable bonds is 6. The second kappa shape index (κ2) is 6.91. The van der Waals surface area contributed by atoms with Crippen LogP contribution in [0.5, 0.6) is 0 Å². The molecule has 1 unspecified atom stereocenters. The predicted octanol–water partition coefficient (Wildman–Crippen LogP) is 1.47. The average Bonchev–Trinajstić information content (AvgIpc) is 3.30. The number of nitrogens with one attached hydrogen (secondary N) is 1. The van der Waals surface area contributed by atoms with Crippen molar-refractivity contribution in [2.75, 3.05) is 13.1 Å². The number of carbonyl (C=O) groups excluding carboxylic acids is 2. The Morgan fingerprint density at radius 2 is 2.10 bits per heavy atom. The molecule has 1 fully saturated rings. The number of benzene rings is 1. The van der Waals surface area contributed by atoms with Crippen LogP contribution in [0.2, 0.25) is 5.02 Å². The fourth-order valence-electron chi connectivity index (χ4n) is 2.39. The van der Waals surface area contributed by atoms with Gasteiger partial charge in [0.15, 0.2) is 0 Å². The summed E-state index contributed by atoms with van der Waals surface area (Å²) in [6.07, 6.45) is 1.98. The third kappa shape index (κ3) is 3.95. The highest BCUT2D eigenvalue weighted by atomic mass is 35.5. The third-order valence-electron chi connectivity index (χ3n) is 3.62. The quantitative estimate of drug-likeness (QED) is 0.835. The van der Waals surface area contributed by atoms with E-state index in [1.54, 1.807) is 0 Å². The molecule has 2 amide bonds. The van der Waals surface area contributed by atoms with Crippen LogP contribution in [0.1, 0.15) is 31.4 Å². The first-order valence-corrected chi connectivity index (χ1v) is 7.44. The number of nitrogens with zero attached hydrogens (tertiary/aromatic N) is 1. The van der Waals surface area contributed by atoms with E-state index in [1.165, 1.54) is 0 Å². The van der Waals surface area contributed by atoms with Crippen LogP contribution in [0.3, 0.4) is 0 Å². The normalized spacial score (nSPS) is 15.4. The Morgan fingerprint density at radius 3 is 2.67 bits per heavy atom. The molecule has 6 heteroatoms. The van der Waals surface area contributed by atoms with E-state index in [2.05, 4.69) is 5.32 Å². The molecule has 0 aliphatic heterocycles. The standard InChI is InChI=1S/C15H20ClN3O2/c1-10(12-4-2-3-5-13(12)16)19(11-6-7-11)15(21)9-18-14(20)8-17/h2-5,10-11H,6-9,17H2,1H3,(H,18,20).